The molecule has 0 aliphatic carbocycles. The molecule has 1 aromatic heterocycles. The highest BCUT2D eigenvalue weighted by Gasteiger charge is 2.16. The van der Waals surface area contributed by atoms with Crippen molar-refractivity contribution in [3.8, 4) is 0 Å². The van der Waals surface area contributed by atoms with Gasteiger partial charge in [0.2, 0.25) is 0 Å². The van der Waals surface area contributed by atoms with Gasteiger partial charge in [0.05, 0.1) is 5.52 Å². The van der Waals surface area contributed by atoms with Crippen molar-refractivity contribution in [3.63, 3.8) is 0 Å². The highest BCUT2D eigenvalue weighted by Crippen LogP contribution is 2.24. The number of rotatable bonds is 7. The number of anilines is 1. The molecule has 158 valence electrons. The van der Waals surface area contributed by atoms with Gasteiger partial charge >= 0.3 is 0 Å². The lowest BCUT2D eigenvalue weighted by Gasteiger charge is -2.34. The van der Waals surface area contributed by atoms with Gasteiger partial charge in [-0.2, -0.15) is 0 Å². The fraction of sp³-hybridized carbons (Fsp3) is 0.391. The maximum Gasteiger partial charge on any atom is 0.297 e. The van der Waals surface area contributed by atoms with E-state index in [0.29, 0.717) is 17.9 Å². The summed E-state index contributed by atoms with van der Waals surface area (Å²) in [6.45, 7) is 9.27. The lowest BCUT2D eigenvalue weighted by Crippen LogP contribution is -2.45. The van der Waals surface area contributed by atoms with Crippen LogP contribution in [-0.4, -0.2) is 52.5 Å². The Kier molecular flexibility index (Phi) is 6.50. The molecule has 30 heavy (non-hydrogen) atoms. The molecule has 5 nitrogen and oxygen atoms in total. The Bertz CT molecular complexity index is 969. The van der Waals surface area contributed by atoms with Crippen LogP contribution in [0.25, 0.3) is 10.9 Å². The minimum Gasteiger partial charge on any atom is -0.365 e. The van der Waals surface area contributed by atoms with Crippen molar-refractivity contribution in [1.82, 2.24) is 19.8 Å². The van der Waals surface area contributed by atoms with Gasteiger partial charge in [-0.15, -0.1) is 0 Å². The quantitative estimate of drug-likeness (QED) is 0.627. The molecule has 0 amide bonds. The zero-order chi connectivity index (χ0) is 20.9. The van der Waals surface area contributed by atoms with Crippen molar-refractivity contribution < 1.29 is 8.78 Å². The molecule has 1 aliphatic rings. The second-order valence-electron chi connectivity index (χ2n) is 7.63. The summed E-state index contributed by atoms with van der Waals surface area (Å²) < 4.78 is 26.3. The molecule has 4 rings (SSSR count). The Labute approximate surface area is 175 Å². The largest absolute Gasteiger partial charge is 0.365 e. The standard InChI is InChI=1S/C23H27F2N5/c1-2-29-11-13-30(14-12-29)16-18-9-7-17(8-10-18)15-26-22-19-5-3-4-6-20(19)27-23(28-22)21(24)25/h3-10,21H,2,11-16H2,1H3,(H,26,27,28). The van der Waals surface area contributed by atoms with E-state index in [2.05, 4.69) is 56.3 Å². The molecular weight excluding hydrogens is 384 g/mol. The van der Waals surface area contributed by atoms with Crippen LogP contribution in [0.3, 0.4) is 0 Å². The number of hydrogen-bond donors (Lipinski definition) is 1. The molecule has 7 heteroatoms. The van der Waals surface area contributed by atoms with Crippen molar-refractivity contribution in [2.24, 2.45) is 0 Å². The van der Waals surface area contributed by atoms with Crippen molar-refractivity contribution in [1.29, 1.82) is 0 Å². The first kappa shape index (κ1) is 20.6. The molecule has 0 radical (unpaired) electrons. The van der Waals surface area contributed by atoms with Crippen LogP contribution >= 0.6 is 0 Å². The lowest BCUT2D eigenvalue weighted by molar-refractivity contribution is 0.132. The second-order valence-corrected chi connectivity index (χ2v) is 7.63. The number of alkyl halides is 2. The summed E-state index contributed by atoms with van der Waals surface area (Å²) in [6.07, 6.45) is -2.70. The second kappa shape index (κ2) is 9.45. The van der Waals surface area contributed by atoms with Crippen LogP contribution in [0.1, 0.15) is 30.3 Å². The minimum atomic E-state index is -2.70. The molecule has 2 aromatic carbocycles. The smallest absolute Gasteiger partial charge is 0.297 e. The molecule has 0 unspecified atom stereocenters. The van der Waals surface area contributed by atoms with Crippen LogP contribution in [0, 0.1) is 0 Å². The molecule has 1 fully saturated rings. The Hall–Kier alpha value is -2.64. The van der Waals surface area contributed by atoms with Crippen LogP contribution in [0.2, 0.25) is 0 Å². The topological polar surface area (TPSA) is 44.3 Å². The predicted molar refractivity (Wildman–Crippen MR) is 116 cm³/mol. The molecule has 2 heterocycles. The van der Waals surface area contributed by atoms with E-state index in [4.69, 9.17) is 0 Å². The summed E-state index contributed by atoms with van der Waals surface area (Å²) in [5.74, 6) is -0.0107. The monoisotopic (exact) mass is 411 g/mol. The summed E-state index contributed by atoms with van der Waals surface area (Å²) in [5, 5.41) is 3.95. The number of halogens is 2. The van der Waals surface area contributed by atoms with E-state index >= 15 is 0 Å². The van der Waals surface area contributed by atoms with Gasteiger partial charge in [0.25, 0.3) is 6.43 Å². The SMILES string of the molecule is CCN1CCN(Cc2ccc(CNc3nc(C(F)F)nc4ccccc34)cc2)CC1. The molecule has 1 N–H and O–H groups in total. The normalized spacial score (nSPS) is 15.7. The maximum atomic E-state index is 13.2. The molecule has 3 aromatic rings. The fourth-order valence-corrected chi connectivity index (χ4v) is 3.80. The Balaban J connectivity index is 1.40. The molecule has 1 aliphatic heterocycles. The summed E-state index contributed by atoms with van der Waals surface area (Å²) in [5.41, 5.74) is 2.89. The summed E-state index contributed by atoms with van der Waals surface area (Å²) >= 11 is 0. The van der Waals surface area contributed by atoms with Gasteiger partial charge in [-0.05, 0) is 29.8 Å². The van der Waals surface area contributed by atoms with Gasteiger partial charge in [-0.25, -0.2) is 18.7 Å². The van der Waals surface area contributed by atoms with E-state index in [1.54, 1.807) is 12.1 Å². The maximum absolute atomic E-state index is 13.2. The number of hydrogen-bond acceptors (Lipinski definition) is 5. The van der Waals surface area contributed by atoms with Crippen LogP contribution < -0.4 is 5.32 Å². The lowest BCUT2D eigenvalue weighted by atomic mass is 10.1. The molecule has 1 saturated heterocycles. The molecular formula is C23H27F2N5. The van der Waals surface area contributed by atoms with Crippen molar-refractivity contribution >= 4 is 16.7 Å². The zero-order valence-electron chi connectivity index (χ0n) is 17.2. The van der Waals surface area contributed by atoms with Crippen LogP contribution in [0.5, 0.6) is 0 Å². The number of para-hydroxylation sites is 1. The van der Waals surface area contributed by atoms with Gasteiger partial charge in [0.15, 0.2) is 5.82 Å². The minimum absolute atomic E-state index is 0.439. The third kappa shape index (κ3) is 4.91. The number of nitrogens with one attached hydrogen (secondary N) is 1. The first-order valence-corrected chi connectivity index (χ1v) is 10.4. The summed E-state index contributed by atoms with van der Waals surface area (Å²) in [4.78, 5) is 13.0. The molecule has 0 bridgehead atoms. The van der Waals surface area contributed by atoms with Gasteiger partial charge in [-0.3, -0.25) is 4.90 Å². The van der Waals surface area contributed by atoms with Crippen LogP contribution in [-0.2, 0) is 13.1 Å². The first-order chi connectivity index (χ1) is 14.6. The third-order valence-corrected chi connectivity index (χ3v) is 5.62. The summed E-state index contributed by atoms with van der Waals surface area (Å²) in [7, 11) is 0. The highest BCUT2D eigenvalue weighted by atomic mass is 19.3. The number of benzene rings is 2. The molecule has 0 saturated carbocycles. The third-order valence-electron chi connectivity index (χ3n) is 5.62. The molecule has 0 spiro atoms. The van der Waals surface area contributed by atoms with Crippen molar-refractivity contribution in [2.75, 3.05) is 38.0 Å². The number of fused-ring (bicyclic) bond motifs is 1. The van der Waals surface area contributed by atoms with Gasteiger partial charge in [0.1, 0.15) is 5.82 Å². The Morgan fingerprint density at radius 1 is 0.900 bits per heavy atom. The van der Waals surface area contributed by atoms with E-state index < -0.39 is 12.2 Å². The number of piperazine rings is 1. The van der Waals surface area contributed by atoms with Crippen molar-refractivity contribution in [2.45, 2.75) is 26.4 Å². The van der Waals surface area contributed by atoms with Gasteiger partial charge < -0.3 is 10.2 Å². The van der Waals surface area contributed by atoms with E-state index in [0.717, 1.165) is 50.2 Å². The van der Waals surface area contributed by atoms with E-state index in [9.17, 15) is 8.78 Å². The van der Waals surface area contributed by atoms with E-state index in [1.165, 1.54) is 5.56 Å². The number of nitrogens with zero attached hydrogens (tertiary/aromatic N) is 4. The highest BCUT2D eigenvalue weighted by molar-refractivity contribution is 5.89. The van der Waals surface area contributed by atoms with E-state index in [1.807, 2.05) is 12.1 Å². The van der Waals surface area contributed by atoms with Crippen LogP contribution in [0.4, 0.5) is 14.6 Å². The van der Waals surface area contributed by atoms with Crippen LogP contribution in [0.15, 0.2) is 48.5 Å². The average molecular weight is 412 g/mol. The zero-order valence-corrected chi connectivity index (χ0v) is 17.2. The Morgan fingerprint density at radius 2 is 1.57 bits per heavy atom. The number of aromatic nitrogens is 2. The first-order valence-electron chi connectivity index (χ1n) is 10.4. The molecule has 0 atom stereocenters. The van der Waals surface area contributed by atoms with Crippen molar-refractivity contribution in [3.05, 3.63) is 65.5 Å². The fourth-order valence-electron chi connectivity index (χ4n) is 3.80. The Morgan fingerprint density at radius 3 is 2.27 bits per heavy atom. The van der Waals surface area contributed by atoms with Gasteiger partial charge in [0, 0.05) is 44.7 Å². The van der Waals surface area contributed by atoms with Gasteiger partial charge in [-0.1, -0.05) is 43.3 Å². The summed E-state index contributed by atoms with van der Waals surface area (Å²) in [6, 6.07) is 15.7. The number of likely N-dealkylation sites (N-methyl/N-ethyl adjacent to an activating group) is 1. The average Bonchev–Trinajstić information content (AvgIpc) is 2.78. The van der Waals surface area contributed by atoms with E-state index in [-0.39, 0.29) is 0 Å². The predicted octanol–water partition coefficient (Wildman–Crippen LogP) is 4.32.